The minimum Gasteiger partial charge on any atom is -0.464 e. The Morgan fingerprint density at radius 3 is 2.72 bits per heavy atom. The van der Waals surface area contributed by atoms with E-state index in [1.807, 2.05) is 24.3 Å². The summed E-state index contributed by atoms with van der Waals surface area (Å²) in [5.74, 6) is -0.396. The van der Waals surface area contributed by atoms with Crippen LogP contribution in [0.5, 0.6) is 0 Å². The molecule has 1 amide bonds. The number of nitrogens with one attached hydrogen (secondary N) is 2. The first-order valence-electron chi connectivity index (χ1n) is 11.0. The van der Waals surface area contributed by atoms with E-state index < -0.39 is 6.10 Å². The van der Waals surface area contributed by atoms with Crippen LogP contribution in [0.15, 0.2) is 36.4 Å². The third-order valence-electron chi connectivity index (χ3n) is 5.30. The molecule has 9 heteroatoms. The molecule has 0 bridgehead atoms. The molecule has 2 atom stereocenters. The number of carbonyl (C=O) groups excluding carboxylic acids is 2. The minimum atomic E-state index is -0.741. The highest BCUT2D eigenvalue weighted by molar-refractivity contribution is 7.17. The van der Waals surface area contributed by atoms with Gasteiger partial charge in [-0.1, -0.05) is 24.9 Å². The summed E-state index contributed by atoms with van der Waals surface area (Å²) in [5.41, 5.74) is 1.83. The first-order valence-corrected chi connectivity index (χ1v) is 12.2. The monoisotopic (exact) mass is 479 g/mol. The SMILES string of the molecule is CCCCOC(=O)[C@@H]1CCCN1c1ccc(NCC(O)CNC(=O)c2ccc(Cl)s2)cc1. The van der Waals surface area contributed by atoms with Gasteiger partial charge in [0, 0.05) is 31.0 Å². The van der Waals surface area contributed by atoms with Crippen molar-refractivity contribution >= 4 is 46.2 Å². The lowest BCUT2D eigenvalue weighted by molar-refractivity contribution is -0.145. The minimum absolute atomic E-state index is 0.134. The lowest BCUT2D eigenvalue weighted by Crippen LogP contribution is -2.37. The molecule has 1 saturated heterocycles. The van der Waals surface area contributed by atoms with Crippen molar-refractivity contribution in [2.24, 2.45) is 0 Å². The van der Waals surface area contributed by atoms with Crippen molar-refractivity contribution in [3.05, 3.63) is 45.6 Å². The predicted molar refractivity (Wildman–Crippen MR) is 129 cm³/mol. The van der Waals surface area contributed by atoms with Crippen molar-refractivity contribution in [3.63, 3.8) is 0 Å². The third kappa shape index (κ3) is 6.85. The van der Waals surface area contributed by atoms with E-state index >= 15 is 0 Å². The van der Waals surface area contributed by atoms with Crippen molar-refractivity contribution in [1.29, 1.82) is 0 Å². The Labute approximate surface area is 197 Å². The van der Waals surface area contributed by atoms with Crippen LogP contribution in [0.25, 0.3) is 0 Å². The molecule has 0 saturated carbocycles. The molecule has 1 aromatic heterocycles. The highest BCUT2D eigenvalue weighted by Crippen LogP contribution is 2.27. The van der Waals surface area contributed by atoms with Gasteiger partial charge >= 0.3 is 5.97 Å². The molecule has 0 aliphatic carbocycles. The third-order valence-corrected chi connectivity index (χ3v) is 6.53. The van der Waals surface area contributed by atoms with Crippen LogP contribution in [0.1, 0.15) is 42.3 Å². The molecule has 2 heterocycles. The summed E-state index contributed by atoms with van der Waals surface area (Å²) < 4.78 is 5.97. The second-order valence-corrected chi connectivity index (χ2v) is 9.48. The summed E-state index contributed by atoms with van der Waals surface area (Å²) in [6.45, 7) is 3.80. The summed E-state index contributed by atoms with van der Waals surface area (Å²) in [4.78, 5) is 27.0. The van der Waals surface area contributed by atoms with Crippen LogP contribution in [-0.2, 0) is 9.53 Å². The van der Waals surface area contributed by atoms with E-state index in [2.05, 4.69) is 22.5 Å². The highest BCUT2D eigenvalue weighted by Gasteiger charge is 2.32. The molecule has 0 spiro atoms. The lowest BCUT2D eigenvalue weighted by atomic mass is 10.2. The average Bonchev–Trinajstić information content (AvgIpc) is 3.46. The molecular formula is C23H30ClN3O4S. The molecule has 3 rings (SSSR count). The van der Waals surface area contributed by atoms with Crippen LogP contribution in [0.2, 0.25) is 4.34 Å². The van der Waals surface area contributed by atoms with Crippen LogP contribution >= 0.6 is 22.9 Å². The van der Waals surface area contributed by atoms with Gasteiger partial charge in [-0.25, -0.2) is 4.79 Å². The van der Waals surface area contributed by atoms with Gasteiger partial charge in [0.05, 0.1) is 21.9 Å². The molecule has 32 heavy (non-hydrogen) atoms. The number of amides is 1. The van der Waals surface area contributed by atoms with Crippen molar-refractivity contribution in [1.82, 2.24) is 5.32 Å². The number of aliphatic hydroxyl groups excluding tert-OH is 1. The largest absolute Gasteiger partial charge is 0.464 e. The number of hydrogen-bond acceptors (Lipinski definition) is 7. The fraction of sp³-hybridized carbons (Fsp3) is 0.478. The standard InChI is InChI=1S/C23H30ClN3O4S/c1-2-3-13-31-23(30)19-5-4-12-27(19)17-8-6-16(7-9-17)25-14-18(28)15-26-22(29)20-10-11-21(24)32-20/h6-11,18-19,25,28H,2-5,12-15H2,1H3,(H,26,29)/t18?,19-/m0/s1. The van der Waals surface area contributed by atoms with E-state index in [1.54, 1.807) is 12.1 Å². The zero-order chi connectivity index (χ0) is 22.9. The summed E-state index contributed by atoms with van der Waals surface area (Å²) in [6.07, 6.45) is 2.91. The summed E-state index contributed by atoms with van der Waals surface area (Å²) in [5, 5.41) is 16.0. The van der Waals surface area contributed by atoms with Crippen LogP contribution < -0.4 is 15.5 Å². The maximum atomic E-state index is 12.4. The Morgan fingerprint density at radius 1 is 1.25 bits per heavy atom. The van der Waals surface area contributed by atoms with Gasteiger partial charge in [0.1, 0.15) is 6.04 Å². The molecule has 3 N–H and O–H groups in total. The Hall–Kier alpha value is -2.29. The molecule has 0 radical (unpaired) electrons. The number of hydrogen-bond donors (Lipinski definition) is 3. The topological polar surface area (TPSA) is 90.9 Å². The molecule has 1 fully saturated rings. The van der Waals surface area contributed by atoms with E-state index in [9.17, 15) is 14.7 Å². The number of nitrogens with zero attached hydrogens (tertiary/aromatic N) is 1. The van der Waals surface area contributed by atoms with Gasteiger partial charge in [0.25, 0.3) is 5.91 Å². The zero-order valence-corrected chi connectivity index (χ0v) is 19.8. The summed E-state index contributed by atoms with van der Waals surface area (Å²) in [7, 11) is 0. The number of anilines is 2. The van der Waals surface area contributed by atoms with Gasteiger partial charge < -0.3 is 25.4 Å². The normalized spacial score (nSPS) is 16.6. The predicted octanol–water partition coefficient (Wildman–Crippen LogP) is 3.92. The van der Waals surface area contributed by atoms with Crippen LogP contribution in [0, 0.1) is 0 Å². The quantitative estimate of drug-likeness (QED) is 0.334. The van der Waals surface area contributed by atoms with E-state index in [1.165, 1.54) is 11.3 Å². The van der Waals surface area contributed by atoms with Crippen molar-refractivity contribution in [3.8, 4) is 0 Å². The van der Waals surface area contributed by atoms with E-state index in [0.29, 0.717) is 22.4 Å². The van der Waals surface area contributed by atoms with E-state index in [-0.39, 0.29) is 24.5 Å². The van der Waals surface area contributed by atoms with Crippen molar-refractivity contribution < 1.29 is 19.4 Å². The second kappa shape index (κ2) is 12.1. The van der Waals surface area contributed by atoms with Crippen molar-refractivity contribution in [2.75, 3.05) is 36.5 Å². The number of aliphatic hydroxyl groups is 1. The maximum absolute atomic E-state index is 12.4. The molecule has 1 aliphatic heterocycles. The zero-order valence-electron chi connectivity index (χ0n) is 18.2. The number of rotatable bonds is 11. The fourth-order valence-electron chi connectivity index (χ4n) is 3.55. The van der Waals surface area contributed by atoms with Gasteiger partial charge in [-0.2, -0.15) is 0 Å². The Balaban J connectivity index is 1.44. The van der Waals surface area contributed by atoms with Crippen LogP contribution in [-0.4, -0.2) is 55.4 Å². The molecular weight excluding hydrogens is 450 g/mol. The second-order valence-electron chi connectivity index (χ2n) is 7.77. The van der Waals surface area contributed by atoms with Gasteiger partial charge in [-0.05, 0) is 55.7 Å². The number of esters is 1. The smallest absolute Gasteiger partial charge is 0.328 e. The molecule has 1 aromatic carbocycles. The van der Waals surface area contributed by atoms with Gasteiger partial charge in [-0.3, -0.25) is 4.79 Å². The Morgan fingerprint density at radius 2 is 2.03 bits per heavy atom. The molecule has 174 valence electrons. The molecule has 1 unspecified atom stereocenters. The Kier molecular flexibility index (Phi) is 9.20. The van der Waals surface area contributed by atoms with Crippen molar-refractivity contribution in [2.45, 2.75) is 44.8 Å². The number of thiophene rings is 1. The highest BCUT2D eigenvalue weighted by atomic mass is 35.5. The maximum Gasteiger partial charge on any atom is 0.328 e. The van der Waals surface area contributed by atoms with Gasteiger partial charge in [-0.15, -0.1) is 11.3 Å². The first kappa shape index (κ1) is 24.4. The van der Waals surface area contributed by atoms with Crippen LogP contribution in [0.4, 0.5) is 11.4 Å². The molecule has 2 aromatic rings. The number of ether oxygens (including phenoxy) is 1. The number of benzene rings is 1. The fourth-order valence-corrected chi connectivity index (χ4v) is 4.51. The molecule has 1 aliphatic rings. The summed E-state index contributed by atoms with van der Waals surface area (Å²) >= 11 is 7.04. The van der Waals surface area contributed by atoms with E-state index in [4.69, 9.17) is 16.3 Å². The summed E-state index contributed by atoms with van der Waals surface area (Å²) in [6, 6.07) is 10.9. The number of unbranched alkanes of at least 4 members (excludes halogenated alkanes) is 1. The van der Waals surface area contributed by atoms with Crippen LogP contribution in [0.3, 0.4) is 0 Å². The molecule has 7 nitrogen and oxygen atoms in total. The van der Waals surface area contributed by atoms with Gasteiger partial charge in [0.2, 0.25) is 0 Å². The Bertz CT molecular complexity index is 890. The average molecular weight is 480 g/mol. The van der Waals surface area contributed by atoms with E-state index in [0.717, 1.165) is 43.6 Å². The first-order chi connectivity index (χ1) is 15.5. The number of halogens is 1. The lowest BCUT2D eigenvalue weighted by Gasteiger charge is -2.25. The number of carbonyl (C=O) groups is 2. The van der Waals surface area contributed by atoms with Gasteiger partial charge in [0.15, 0.2) is 0 Å².